The third-order valence-electron chi connectivity index (χ3n) is 5.16. The van der Waals surface area contributed by atoms with Crippen molar-refractivity contribution >= 4 is 18.3 Å². The van der Waals surface area contributed by atoms with E-state index >= 15 is 0 Å². The molecule has 2 saturated heterocycles. The fourth-order valence-electron chi connectivity index (χ4n) is 3.63. The van der Waals surface area contributed by atoms with Gasteiger partial charge in [0.25, 0.3) is 0 Å². The summed E-state index contributed by atoms with van der Waals surface area (Å²) < 4.78 is 0. The Kier molecular flexibility index (Phi) is 6.21. The second-order valence-electron chi connectivity index (χ2n) is 6.45. The summed E-state index contributed by atoms with van der Waals surface area (Å²) in [7, 11) is 0. The van der Waals surface area contributed by atoms with Gasteiger partial charge in [-0.05, 0) is 62.7 Å². The number of piperidine rings is 2. The largest absolute Gasteiger partial charge is 0.343 e. The summed E-state index contributed by atoms with van der Waals surface area (Å²) in [4.78, 5) is 18.7. The van der Waals surface area contributed by atoms with E-state index in [4.69, 9.17) is 0 Å². The monoisotopic (exact) mass is 323 g/mol. The molecule has 0 bridgehead atoms. The first-order valence-electron chi connectivity index (χ1n) is 8.16. The number of hydrogen-bond acceptors (Lipinski definition) is 3. The molecule has 2 fully saturated rings. The summed E-state index contributed by atoms with van der Waals surface area (Å²) in [5, 5.41) is 3.44. The highest BCUT2D eigenvalue weighted by atomic mass is 35.5. The predicted octanol–water partition coefficient (Wildman–Crippen LogP) is 2.43. The van der Waals surface area contributed by atoms with E-state index in [0.717, 1.165) is 38.3 Å². The van der Waals surface area contributed by atoms with Gasteiger partial charge in [-0.1, -0.05) is 6.07 Å². The first-order chi connectivity index (χ1) is 10.3. The summed E-state index contributed by atoms with van der Waals surface area (Å²) in [6.45, 7) is 4.18. The molecule has 1 spiro atoms. The molecule has 0 aromatic carbocycles. The summed E-state index contributed by atoms with van der Waals surface area (Å²) in [6.07, 6.45) is 8.07. The molecule has 0 radical (unpaired) electrons. The summed E-state index contributed by atoms with van der Waals surface area (Å²) in [5.41, 5.74) is 1.53. The van der Waals surface area contributed by atoms with Gasteiger partial charge in [0.15, 0.2) is 0 Å². The molecule has 1 aromatic rings. The Bertz CT molecular complexity index is 464. The molecule has 2 aliphatic heterocycles. The van der Waals surface area contributed by atoms with Crippen molar-refractivity contribution in [3.05, 3.63) is 30.1 Å². The molecule has 3 heterocycles. The second-order valence-corrected chi connectivity index (χ2v) is 6.45. The quantitative estimate of drug-likeness (QED) is 0.929. The molecule has 2 aliphatic rings. The van der Waals surface area contributed by atoms with Crippen LogP contribution in [0.5, 0.6) is 0 Å². The highest BCUT2D eigenvalue weighted by Crippen LogP contribution is 2.39. The molecule has 0 unspecified atom stereocenters. The third-order valence-corrected chi connectivity index (χ3v) is 5.16. The first-order valence-corrected chi connectivity index (χ1v) is 8.16. The van der Waals surface area contributed by atoms with Gasteiger partial charge in [-0.2, -0.15) is 0 Å². The zero-order chi connectivity index (χ0) is 14.5. The minimum Gasteiger partial charge on any atom is -0.343 e. The molecule has 0 atom stereocenters. The van der Waals surface area contributed by atoms with Gasteiger partial charge in [0.2, 0.25) is 5.91 Å². The highest BCUT2D eigenvalue weighted by Gasteiger charge is 2.36. The molecule has 1 amide bonds. The van der Waals surface area contributed by atoms with Crippen LogP contribution in [0, 0.1) is 5.41 Å². The smallest absolute Gasteiger partial charge is 0.222 e. The van der Waals surface area contributed by atoms with Gasteiger partial charge in [-0.3, -0.25) is 9.78 Å². The molecular formula is C17H26ClN3O. The Morgan fingerprint density at radius 3 is 2.55 bits per heavy atom. The maximum Gasteiger partial charge on any atom is 0.222 e. The van der Waals surface area contributed by atoms with Gasteiger partial charge in [-0.25, -0.2) is 0 Å². The van der Waals surface area contributed by atoms with Crippen LogP contribution in [-0.2, 0) is 11.2 Å². The van der Waals surface area contributed by atoms with E-state index in [2.05, 4.69) is 15.2 Å². The van der Waals surface area contributed by atoms with Crippen molar-refractivity contribution in [2.24, 2.45) is 5.41 Å². The molecular weight excluding hydrogens is 298 g/mol. The number of amides is 1. The number of nitrogens with one attached hydrogen (secondary N) is 1. The predicted molar refractivity (Wildman–Crippen MR) is 90.2 cm³/mol. The summed E-state index contributed by atoms with van der Waals surface area (Å²) in [5.74, 6) is 0.296. The van der Waals surface area contributed by atoms with Crippen molar-refractivity contribution in [1.29, 1.82) is 0 Å². The van der Waals surface area contributed by atoms with Crippen LogP contribution in [0.25, 0.3) is 0 Å². The van der Waals surface area contributed by atoms with Crippen molar-refractivity contribution in [2.75, 3.05) is 26.2 Å². The number of rotatable bonds is 3. The number of nitrogens with zero attached hydrogens (tertiary/aromatic N) is 2. The maximum atomic E-state index is 12.3. The Balaban J connectivity index is 0.00000176. The van der Waals surface area contributed by atoms with E-state index in [1.807, 2.05) is 18.2 Å². The SMILES string of the molecule is Cl.O=C(CCc1ccccn1)N1CCC2(CCNCC2)CC1. The number of carbonyl (C=O) groups is 1. The number of aryl methyl sites for hydroxylation is 1. The topological polar surface area (TPSA) is 45.2 Å². The Labute approximate surface area is 139 Å². The molecule has 0 aliphatic carbocycles. The third kappa shape index (κ3) is 4.20. The van der Waals surface area contributed by atoms with Gasteiger partial charge < -0.3 is 10.2 Å². The normalized spacial score (nSPS) is 20.5. The van der Waals surface area contributed by atoms with Gasteiger partial charge >= 0.3 is 0 Å². The van der Waals surface area contributed by atoms with Crippen LogP contribution in [0.3, 0.4) is 0 Å². The lowest BCUT2D eigenvalue weighted by molar-refractivity contribution is -0.133. The fraction of sp³-hybridized carbons (Fsp3) is 0.647. The van der Waals surface area contributed by atoms with Crippen LogP contribution >= 0.6 is 12.4 Å². The van der Waals surface area contributed by atoms with Crippen molar-refractivity contribution in [3.8, 4) is 0 Å². The molecule has 4 nitrogen and oxygen atoms in total. The number of carbonyl (C=O) groups excluding carboxylic acids is 1. The zero-order valence-corrected chi connectivity index (χ0v) is 13.9. The molecule has 122 valence electrons. The molecule has 0 saturated carbocycles. The van der Waals surface area contributed by atoms with Crippen LogP contribution in [0.1, 0.15) is 37.8 Å². The first kappa shape index (κ1) is 17.2. The lowest BCUT2D eigenvalue weighted by Crippen LogP contribution is -2.47. The number of likely N-dealkylation sites (tertiary alicyclic amines) is 1. The van der Waals surface area contributed by atoms with Gasteiger partial charge in [0.1, 0.15) is 0 Å². The molecule has 1 aromatic heterocycles. The average Bonchev–Trinajstić information content (AvgIpc) is 2.55. The Morgan fingerprint density at radius 1 is 1.18 bits per heavy atom. The molecule has 1 N–H and O–H groups in total. The van der Waals surface area contributed by atoms with E-state index in [9.17, 15) is 4.79 Å². The summed E-state index contributed by atoms with van der Waals surface area (Å²) >= 11 is 0. The number of hydrogen-bond donors (Lipinski definition) is 1. The van der Waals surface area contributed by atoms with Crippen LogP contribution in [-0.4, -0.2) is 42.0 Å². The fourth-order valence-corrected chi connectivity index (χ4v) is 3.63. The van der Waals surface area contributed by atoms with Crippen LogP contribution < -0.4 is 5.32 Å². The average molecular weight is 324 g/mol. The lowest BCUT2D eigenvalue weighted by Gasteiger charge is -2.44. The van der Waals surface area contributed by atoms with Crippen molar-refractivity contribution in [1.82, 2.24) is 15.2 Å². The zero-order valence-electron chi connectivity index (χ0n) is 13.1. The highest BCUT2D eigenvalue weighted by molar-refractivity contribution is 5.85. The van der Waals surface area contributed by atoms with Gasteiger partial charge in [0, 0.05) is 31.4 Å². The van der Waals surface area contributed by atoms with Crippen LogP contribution in [0.15, 0.2) is 24.4 Å². The van der Waals surface area contributed by atoms with Crippen LogP contribution in [0.2, 0.25) is 0 Å². The number of halogens is 1. The summed E-state index contributed by atoms with van der Waals surface area (Å²) in [6, 6.07) is 5.89. The molecule has 3 rings (SSSR count). The van der Waals surface area contributed by atoms with E-state index in [1.165, 1.54) is 25.7 Å². The maximum absolute atomic E-state index is 12.3. The van der Waals surface area contributed by atoms with Crippen LogP contribution in [0.4, 0.5) is 0 Å². The molecule has 5 heteroatoms. The van der Waals surface area contributed by atoms with Gasteiger partial charge in [-0.15, -0.1) is 12.4 Å². The van der Waals surface area contributed by atoms with E-state index < -0.39 is 0 Å². The second kappa shape index (κ2) is 7.93. The Hall–Kier alpha value is -1.13. The minimum atomic E-state index is 0. The van der Waals surface area contributed by atoms with Crippen molar-refractivity contribution < 1.29 is 4.79 Å². The van der Waals surface area contributed by atoms with E-state index in [-0.39, 0.29) is 12.4 Å². The van der Waals surface area contributed by atoms with E-state index in [0.29, 0.717) is 17.7 Å². The standard InChI is InChI=1S/C17H25N3O.ClH/c21-16(5-4-15-3-1-2-10-19-15)20-13-8-17(9-14-20)6-11-18-12-7-17;/h1-3,10,18H,4-9,11-14H2;1H. The number of aromatic nitrogens is 1. The van der Waals surface area contributed by atoms with Crippen molar-refractivity contribution in [2.45, 2.75) is 38.5 Å². The Morgan fingerprint density at radius 2 is 1.91 bits per heavy atom. The van der Waals surface area contributed by atoms with Gasteiger partial charge in [0.05, 0.1) is 0 Å². The lowest BCUT2D eigenvalue weighted by atomic mass is 9.71. The van der Waals surface area contributed by atoms with Crippen molar-refractivity contribution in [3.63, 3.8) is 0 Å². The number of pyridine rings is 1. The van der Waals surface area contributed by atoms with E-state index in [1.54, 1.807) is 6.20 Å². The molecule has 22 heavy (non-hydrogen) atoms. The minimum absolute atomic E-state index is 0.